The topological polar surface area (TPSA) is 48.5 Å². The molecular weight excluding hydrogens is 490 g/mol. The van der Waals surface area contributed by atoms with Gasteiger partial charge in [-0.1, -0.05) is 47.2 Å². The average Bonchev–Trinajstić information content (AvgIpc) is 3.24. The molecule has 1 aliphatic heterocycles. The second-order valence-corrected chi connectivity index (χ2v) is 9.96. The molecule has 0 unspecified atom stereocenters. The molecule has 4 aromatic rings. The number of carbonyl (C=O) groups excluding carboxylic acids is 1. The number of anilines is 1. The van der Waals surface area contributed by atoms with E-state index in [-0.39, 0.29) is 30.1 Å². The maximum Gasteiger partial charge on any atom is 0.240 e. The Labute approximate surface area is 211 Å². The summed E-state index contributed by atoms with van der Waals surface area (Å²) in [5, 5.41) is 4.08. The zero-order chi connectivity index (χ0) is 24.4. The van der Waals surface area contributed by atoms with E-state index in [1.165, 1.54) is 35.6 Å². The third-order valence-electron chi connectivity index (χ3n) is 6.11. The van der Waals surface area contributed by atoms with E-state index in [1.54, 1.807) is 30.3 Å². The number of fused-ring (bicyclic) bond motifs is 1. The number of halogens is 3. The number of rotatable bonds is 6. The van der Waals surface area contributed by atoms with E-state index in [2.05, 4.69) is 20.1 Å². The highest BCUT2D eigenvalue weighted by Crippen LogP contribution is 2.31. The minimum absolute atomic E-state index is 0.114. The Morgan fingerprint density at radius 1 is 0.943 bits per heavy atom. The zero-order valence-corrected chi connectivity index (χ0v) is 20.3. The van der Waals surface area contributed by atoms with Gasteiger partial charge in [0.05, 0.1) is 22.8 Å². The molecule has 35 heavy (non-hydrogen) atoms. The summed E-state index contributed by atoms with van der Waals surface area (Å²) in [6.45, 7) is 3.09. The summed E-state index contributed by atoms with van der Waals surface area (Å²) in [4.78, 5) is 21.5. The maximum atomic E-state index is 13.5. The Morgan fingerprint density at radius 3 is 2.14 bits per heavy atom. The van der Waals surface area contributed by atoms with Gasteiger partial charge in [0.1, 0.15) is 11.6 Å². The van der Waals surface area contributed by atoms with Crippen molar-refractivity contribution in [2.45, 2.75) is 6.04 Å². The molecule has 1 N–H and O–H groups in total. The quantitative estimate of drug-likeness (QED) is 0.367. The van der Waals surface area contributed by atoms with Crippen molar-refractivity contribution in [3.05, 3.63) is 94.5 Å². The molecule has 0 atom stereocenters. The summed E-state index contributed by atoms with van der Waals surface area (Å²) in [5.74, 6) is -0.699. The summed E-state index contributed by atoms with van der Waals surface area (Å²) >= 11 is 7.43. The summed E-state index contributed by atoms with van der Waals surface area (Å²) in [6, 6.07) is 18.2. The molecular formula is C26H23ClF2N4OS. The third kappa shape index (κ3) is 5.67. The molecule has 0 saturated carbocycles. The van der Waals surface area contributed by atoms with Crippen molar-refractivity contribution in [3.63, 3.8) is 0 Å². The average molecular weight is 513 g/mol. The lowest BCUT2D eigenvalue weighted by atomic mass is 9.96. The fraction of sp³-hybridized carbons (Fsp3) is 0.231. The molecule has 3 aromatic carbocycles. The maximum absolute atomic E-state index is 13.5. The van der Waals surface area contributed by atoms with E-state index in [1.807, 2.05) is 12.1 Å². The van der Waals surface area contributed by atoms with Crippen LogP contribution in [0.15, 0.2) is 66.7 Å². The van der Waals surface area contributed by atoms with Crippen molar-refractivity contribution >= 4 is 44.2 Å². The number of nitrogens with one attached hydrogen (secondary N) is 1. The van der Waals surface area contributed by atoms with E-state index in [4.69, 9.17) is 11.6 Å². The Morgan fingerprint density at radius 2 is 1.54 bits per heavy atom. The molecule has 1 saturated heterocycles. The smallest absolute Gasteiger partial charge is 0.240 e. The van der Waals surface area contributed by atoms with Gasteiger partial charge in [-0.2, -0.15) is 0 Å². The van der Waals surface area contributed by atoms with Crippen molar-refractivity contribution in [2.75, 3.05) is 38.0 Å². The Bertz CT molecular complexity index is 1280. The largest absolute Gasteiger partial charge is 0.301 e. The number of amides is 1. The van der Waals surface area contributed by atoms with Crippen LogP contribution in [0.3, 0.4) is 0 Å². The molecule has 0 aliphatic carbocycles. The number of hydrogen-bond acceptors (Lipinski definition) is 5. The van der Waals surface area contributed by atoms with Gasteiger partial charge in [0, 0.05) is 31.2 Å². The summed E-state index contributed by atoms with van der Waals surface area (Å²) in [7, 11) is 0. The second-order valence-electron chi connectivity index (χ2n) is 8.50. The summed E-state index contributed by atoms with van der Waals surface area (Å²) < 4.78 is 28.0. The van der Waals surface area contributed by atoms with Crippen molar-refractivity contribution < 1.29 is 13.6 Å². The normalized spacial score (nSPS) is 15.1. The molecule has 9 heteroatoms. The molecule has 1 amide bonds. The van der Waals surface area contributed by atoms with Crippen LogP contribution >= 0.6 is 22.9 Å². The lowest BCUT2D eigenvalue weighted by Crippen LogP contribution is -2.49. The molecule has 1 fully saturated rings. The van der Waals surface area contributed by atoms with Gasteiger partial charge in [0.2, 0.25) is 5.91 Å². The number of piperazine rings is 1. The highest BCUT2D eigenvalue weighted by molar-refractivity contribution is 7.22. The highest BCUT2D eigenvalue weighted by atomic mass is 35.5. The predicted molar refractivity (Wildman–Crippen MR) is 136 cm³/mol. The highest BCUT2D eigenvalue weighted by Gasteiger charge is 2.27. The van der Waals surface area contributed by atoms with Crippen LogP contribution < -0.4 is 5.32 Å². The number of carbonyl (C=O) groups is 1. The van der Waals surface area contributed by atoms with E-state index < -0.39 is 0 Å². The SMILES string of the molecule is O=C(CN1CCN(C(c2ccc(F)cc2)c2ccc(F)cc2)CC1)Nc1nc2ccc(Cl)cc2s1. The summed E-state index contributed by atoms with van der Waals surface area (Å²) in [5.41, 5.74) is 2.69. The number of nitrogens with zero attached hydrogens (tertiary/aromatic N) is 3. The Balaban J connectivity index is 1.23. The molecule has 1 aromatic heterocycles. The monoisotopic (exact) mass is 512 g/mol. The molecule has 0 bridgehead atoms. The van der Waals surface area contributed by atoms with Gasteiger partial charge in [0.25, 0.3) is 0 Å². The first-order valence-corrected chi connectivity index (χ1v) is 12.5. The molecule has 1 aliphatic rings. The zero-order valence-electron chi connectivity index (χ0n) is 18.8. The van der Waals surface area contributed by atoms with E-state index in [9.17, 15) is 13.6 Å². The number of hydrogen-bond donors (Lipinski definition) is 1. The van der Waals surface area contributed by atoms with Gasteiger partial charge in [-0.15, -0.1) is 0 Å². The first-order valence-electron chi connectivity index (χ1n) is 11.3. The van der Waals surface area contributed by atoms with Crippen molar-refractivity contribution in [1.82, 2.24) is 14.8 Å². The van der Waals surface area contributed by atoms with Gasteiger partial charge in [-0.25, -0.2) is 13.8 Å². The molecule has 0 spiro atoms. The van der Waals surface area contributed by atoms with Crippen LogP contribution in [0.1, 0.15) is 17.2 Å². The summed E-state index contributed by atoms with van der Waals surface area (Å²) in [6.07, 6.45) is 0. The van der Waals surface area contributed by atoms with Crippen LogP contribution in [-0.2, 0) is 4.79 Å². The predicted octanol–water partition coefficient (Wildman–Crippen LogP) is 5.57. The standard InChI is InChI=1S/C26H23ClF2N4OS/c27-19-5-10-22-23(15-19)35-26(30-22)31-24(34)16-32-11-13-33(14-12-32)25(17-1-6-20(28)7-2-17)18-3-8-21(29)9-4-18/h1-10,15,25H,11-14,16H2,(H,30,31,34). The first kappa shape index (κ1) is 23.8. The van der Waals surface area contributed by atoms with Crippen molar-refractivity contribution in [3.8, 4) is 0 Å². The van der Waals surface area contributed by atoms with Crippen LogP contribution in [0.5, 0.6) is 0 Å². The van der Waals surface area contributed by atoms with E-state index in [0.29, 0.717) is 36.3 Å². The minimum Gasteiger partial charge on any atom is -0.301 e. The van der Waals surface area contributed by atoms with E-state index >= 15 is 0 Å². The Hall–Kier alpha value is -2.91. The van der Waals surface area contributed by atoms with E-state index in [0.717, 1.165) is 21.3 Å². The third-order valence-corrected chi connectivity index (χ3v) is 7.28. The van der Waals surface area contributed by atoms with Gasteiger partial charge in [0.15, 0.2) is 5.13 Å². The number of aromatic nitrogens is 1. The van der Waals surface area contributed by atoms with Gasteiger partial charge in [-0.3, -0.25) is 14.6 Å². The minimum atomic E-state index is -0.293. The van der Waals surface area contributed by atoms with Crippen molar-refractivity contribution in [2.24, 2.45) is 0 Å². The van der Waals surface area contributed by atoms with Crippen LogP contribution in [-0.4, -0.2) is 53.4 Å². The lowest BCUT2D eigenvalue weighted by Gasteiger charge is -2.39. The Kier molecular flexibility index (Phi) is 7.06. The van der Waals surface area contributed by atoms with Gasteiger partial charge < -0.3 is 5.32 Å². The molecule has 0 radical (unpaired) electrons. The molecule has 5 rings (SSSR count). The molecule has 2 heterocycles. The number of benzene rings is 3. The number of thiazole rings is 1. The van der Waals surface area contributed by atoms with Gasteiger partial charge in [-0.05, 0) is 53.6 Å². The van der Waals surface area contributed by atoms with Crippen LogP contribution in [0, 0.1) is 11.6 Å². The lowest BCUT2D eigenvalue weighted by molar-refractivity contribution is -0.117. The van der Waals surface area contributed by atoms with Gasteiger partial charge >= 0.3 is 0 Å². The fourth-order valence-electron chi connectivity index (χ4n) is 4.40. The fourth-order valence-corrected chi connectivity index (χ4v) is 5.56. The molecule has 5 nitrogen and oxygen atoms in total. The van der Waals surface area contributed by atoms with Crippen LogP contribution in [0.25, 0.3) is 10.2 Å². The van der Waals surface area contributed by atoms with Crippen LogP contribution in [0.4, 0.5) is 13.9 Å². The van der Waals surface area contributed by atoms with Crippen LogP contribution in [0.2, 0.25) is 5.02 Å². The first-order chi connectivity index (χ1) is 16.9. The molecule has 180 valence electrons. The second kappa shape index (κ2) is 10.4. The van der Waals surface area contributed by atoms with Crippen molar-refractivity contribution in [1.29, 1.82) is 0 Å².